The highest BCUT2D eigenvalue weighted by Crippen LogP contribution is 2.21. The first-order chi connectivity index (χ1) is 7.81. The minimum absolute atomic E-state index is 0.0418. The molecule has 1 N–H and O–H groups in total. The minimum atomic E-state index is -0.228. The van der Waals surface area contributed by atoms with E-state index in [0.29, 0.717) is 18.8 Å². The number of halogens is 1. The van der Waals surface area contributed by atoms with Crippen molar-refractivity contribution in [1.82, 2.24) is 5.32 Å². The Kier molecular flexibility index (Phi) is 3.88. The SMILES string of the molecule is COCc1ccc(C2CNCCO2)cc1F. The van der Waals surface area contributed by atoms with E-state index >= 15 is 0 Å². The van der Waals surface area contributed by atoms with Crippen LogP contribution in [0.25, 0.3) is 0 Å². The second-order valence-electron chi connectivity index (χ2n) is 3.85. The Morgan fingerprint density at radius 2 is 2.44 bits per heavy atom. The summed E-state index contributed by atoms with van der Waals surface area (Å²) < 4.78 is 24.1. The molecule has 1 atom stereocenters. The summed E-state index contributed by atoms with van der Waals surface area (Å²) >= 11 is 0. The summed E-state index contributed by atoms with van der Waals surface area (Å²) in [6.45, 7) is 2.58. The van der Waals surface area contributed by atoms with Gasteiger partial charge in [-0.1, -0.05) is 12.1 Å². The van der Waals surface area contributed by atoms with E-state index in [4.69, 9.17) is 9.47 Å². The highest BCUT2D eigenvalue weighted by Gasteiger charge is 2.16. The molecule has 2 rings (SSSR count). The largest absolute Gasteiger partial charge is 0.380 e. The van der Waals surface area contributed by atoms with E-state index in [1.54, 1.807) is 13.2 Å². The van der Waals surface area contributed by atoms with Crippen LogP contribution >= 0.6 is 0 Å². The zero-order chi connectivity index (χ0) is 11.4. The average Bonchev–Trinajstić information content (AvgIpc) is 2.33. The maximum absolute atomic E-state index is 13.6. The van der Waals surface area contributed by atoms with Gasteiger partial charge in [0.05, 0.1) is 19.3 Å². The molecule has 1 saturated heterocycles. The van der Waals surface area contributed by atoms with Crippen molar-refractivity contribution in [1.29, 1.82) is 0 Å². The van der Waals surface area contributed by atoms with Crippen molar-refractivity contribution >= 4 is 0 Å². The topological polar surface area (TPSA) is 30.5 Å². The van der Waals surface area contributed by atoms with Crippen LogP contribution in [0, 0.1) is 5.82 Å². The average molecular weight is 225 g/mol. The van der Waals surface area contributed by atoms with E-state index in [9.17, 15) is 4.39 Å². The third-order valence-corrected chi connectivity index (χ3v) is 2.68. The van der Waals surface area contributed by atoms with Crippen molar-refractivity contribution < 1.29 is 13.9 Å². The molecule has 4 heteroatoms. The molecule has 0 spiro atoms. The van der Waals surface area contributed by atoms with Crippen LogP contribution in [-0.4, -0.2) is 26.8 Å². The lowest BCUT2D eigenvalue weighted by Crippen LogP contribution is -2.33. The molecule has 1 aliphatic heterocycles. The monoisotopic (exact) mass is 225 g/mol. The van der Waals surface area contributed by atoms with Gasteiger partial charge in [-0.2, -0.15) is 0 Å². The molecule has 0 aliphatic carbocycles. The van der Waals surface area contributed by atoms with Gasteiger partial charge >= 0.3 is 0 Å². The van der Waals surface area contributed by atoms with Gasteiger partial charge in [-0.25, -0.2) is 4.39 Å². The lowest BCUT2D eigenvalue weighted by Gasteiger charge is -2.24. The summed E-state index contributed by atoms with van der Waals surface area (Å²) in [7, 11) is 1.56. The number of ether oxygens (including phenoxy) is 2. The quantitative estimate of drug-likeness (QED) is 0.848. The van der Waals surface area contributed by atoms with E-state index in [0.717, 1.165) is 18.7 Å². The molecule has 0 aromatic heterocycles. The van der Waals surface area contributed by atoms with Crippen LogP contribution in [0.2, 0.25) is 0 Å². The second-order valence-corrected chi connectivity index (χ2v) is 3.85. The zero-order valence-corrected chi connectivity index (χ0v) is 9.33. The Morgan fingerprint density at radius 3 is 3.06 bits per heavy atom. The summed E-state index contributed by atoms with van der Waals surface area (Å²) in [4.78, 5) is 0. The number of methoxy groups -OCH3 is 1. The zero-order valence-electron chi connectivity index (χ0n) is 9.33. The molecule has 0 amide bonds. The molecule has 0 bridgehead atoms. The molecule has 3 nitrogen and oxygen atoms in total. The maximum Gasteiger partial charge on any atom is 0.129 e. The molecule has 16 heavy (non-hydrogen) atoms. The van der Waals surface area contributed by atoms with E-state index in [2.05, 4.69) is 5.32 Å². The Morgan fingerprint density at radius 1 is 1.56 bits per heavy atom. The highest BCUT2D eigenvalue weighted by atomic mass is 19.1. The van der Waals surface area contributed by atoms with Gasteiger partial charge in [0.2, 0.25) is 0 Å². The van der Waals surface area contributed by atoms with E-state index in [-0.39, 0.29) is 11.9 Å². The van der Waals surface area contributed by atoms with Crippen LogP contribution in [0.1, 0.15) is 17.2 Å². The van der Waals surface area contributed by atoms with Crippen molar-refractivity contribution in [3.63, 3.8) is 0 Å². The first-order valence-electron chi connectivity index (χ1n) is 5.41. The maximum atomic E-state index is 13.6. The summed E-state index contributed by atoms with van der Waals surface area (Å²) in [6.07, 6.45) is -0.0418. The normalized spacial score (nSPS) is 21.0. The Hall–Kier alpha value is -0.970. The number of morpholine rings is 1. The first kappa shape index (κ1) is 11.5. The lowest BCUT2D eigenvalue weighted by atomic mass is 10.1. The number of hydrogen-bond donors (Lipinski definition) is 1. The first-order valence-corrected chi connectivity index (χ1v) is 5.41. The van der Waals surface area contributed by atoms with Crippen molar-refractivity contribution in [3.8, 4) is 0 Å². The van der Waals surface area contributed by atoms with Gasteiger partial charge < -0.3 is 14.8 Å². The van der Waals surface area contributed by atoms with E-state index < -0.39 is 0 Å². The Bertz CT molecular complexity index is 351. The van der Waals surface area contributed by atoms with Gasteiger partial charge in [0.15, 0.2) is 0 Å². The number of rotatable bonds is 3. The smallest absolute Gasteiger partial charge is 0.129 e. The molecular formula is C12H16FNO2. The van der Waals surface area contributed by atoms with Crippen LogP contribution in [0.5, 0.6) is 0 Å². The van der Waals surface area contributed by atoms with E-state index in [1.807, 2.05) is 6.07 Å². The van der Waals surface area contributed by atoms with Crippen LogP contribution in [0.15, 0.2) is 18.2 Å². The Balaban J connectivity index is 2.13. The van der Waals surface area contributed by atoms with Crippen molar-refractivity contribution in [2.45, 2.75) is 12.7 Å². The molecular weight excluding hydrogens is 209 g/mol. The van der Waals surface area contributed by atoms with Gasteiger partial charge in [-0.3, -0.25) is 0 Å². The predicted octanol–water partition coefficient (Wildman–Crippen LogP) is 1.63. The molecule has 0 radical (unpaired) electrons. The number of nitrogens with one attached hydrogen (secondary N) is 1. The minimum Gasteiger partial charge on any atom is -0.380 e. The van der Waals surface area contributed by atoms with Crippen LogP contribution in [-0.2, 0) is 16.1 Å². The third kappa shape index (κ3) is 2.58. The van der Waals surface area contributed by atoms with Gasteiger partial charge in [-0.05, 0) is 11.6 Å². The molecule has 1 unspecified atom stereocenters. The van der Waals surface area contributed by atoms with Crippen LogP contribution < -0.4 is 5.32 Å². The van der Waals surface area contributed by atoms with E-state index in [1.165, 1.54) is 6.07 Å². The fourth-order valence-corrected chi connectivity index (χ4v) is 1.82. The molecule has 1 aromatic rings. The van der Waals surface area contributed by atoms with Gasteiger partial charge in [-0.15, -0.1) is 0 Å². The summed E-state index contributed by atoms with van der Waals surface area (Å²) in [5, 5.41) is 3.22. The van der Waals surface area contributed by atoms with Crippen LogP contribution in [0.3, 0.4) is 0 Å². The fraction of sp³-hybridized carbons (Fsp3) is 0.500. The summed E-state index contributed by atoms with van der Waals surface area (Å²) in [5.41, 5.74) is 1.46. The Labute approximate surface area is 94.6 Å². The molecule has 1 fully saturated rings. The van der Waals surface area contributed by atoms with Crippen molar-refractivity contribution in [2.24, 2.45) is 0 Å². The molecule has 0 saturated carbocycles. The van der Waals surface area contributed by atoms with Crippen LogP contribution in [0.4, 0.5) is 4.39 Å². The molecule has 1 aromatic carbocycles. The molecule has 88 valence electrons. The predicted molar refractivity (Wildman–Crippen MR) is 58.7 cm³/mol. The molecule has 1 aliphatic rings. The lowest BCUT2D eigenvalue weighted by molar-refractivity contribution is 0.0275. The number of benzene rings is 1. The number of hydrogen-bond acceptors (Lipinski definition) is 3. The molecule has 1 heterocycles. The van der Waals surface area contributed by atoms with Crippen molar-refractivity contribution in [3.05, 3.63) is 35.1 Å². The van der Waals surface area contributed by atoms with Gasteiger partial charge in [0.25, 0.3) is 0 Å². The highest BCUT2D eigenvalue weighted by molar-refractivity contribution is 5.26. The van der Waals surface area contributed by atoms with Gasteiger partial charge in [0, 0.05) is 25.8 Å². The summed E-state index contributed by atoms with van der Waals surface area (Å²) in [6, 6.07) is 5.19. The second kappa shape index (κ2) is 5.39. The standard InChI is InChI=1S/C12H16FNO2/c1-15-8-10-3-2-9(6-11(10)13)12-7-14-4-5-16-12/h2-3,6,12,14H,4-5,7-8H2,1H3. The van der Waals surface area contributed by atoms with Crippen molar-refractivity contribution in [2.75, 3.05) is 26.8 Å². The fourth-order valence-electron chi connectivity index (χ4n) is 1.82. The summed E-state index contributed by atoms with van der Waals surface area (Å²) in [5.74, 6) is -0.228. The third-order valence-electron chi connectivity index (χ3n) is 2.68. The van der Waals surface area contributed by atoms with Gasteiger partial charge in [0.1, 0.15) is 5.82 Å².